The summed E-state index contributed by atoms with van der Waals surface area (Å²) in [5.41, 5.74) is 7.44. The van der Waals surface area contributed by atoms with E-state index in [-0.39, 0.29) is 28.7 Å². The normalized spacial score (nSPS) is 12.0. The Bertz CT molecular complexity index is 861. The van der Waals surface area contributed by atoms with Crippen LogP contribution in [0.3, 0.4) is 0 Å². The first-order chi connectivity index (χ1) is 10.2. The third-order valence-electron chi connectivity index (χ3n) is 3.61. The molecule has 0 atom stereocenters. The summed E-state index contributed by atoms with van der Waals surface area (Å²) >= 11 is 0. The zero-order chi connectivity index (χ0) is 16.7. The van der Waals surface area contributed by atoms with E-state index in [2.05, 4.69) is 0 Å². The quantitative estimate of drug-likeness (QED) is 0.932. The molecule has 0 unspecified atom stereocenters. The highest BCUT2D eigenvalue weighted by atomic mass is 32.2. The highest BCUT2D eigenvalue weighted by Gasteiger charge is 2.27. The monoisotopic (exact) mass is 323 g/mol. The van der Waals surface area contributed by atoms with E-state index in [0.717, 1.165) is 9.65 Å². The summed E-state index contributed by atoms with van der Waals surface area (Å²) in [6.07, 6.45) is 0. The predicted molar refractivity (Wildman–Crippen MR) is 88.5 cm³/mol. The van der Waals surface area contributed by atoms with Crippen molar-refractivity contribution in [2.75, 3.05) is 11.5 Å². The number of aromatic nitrogens is 2. The largest absolute Gasteiger partial charge is 0.382 e. The molecule has 0 saturated heterocycles. The lowest BCUT2D eigenvalue weighted by Crippen LogP contribution is -2.31. The molecule has 7 heteroatoms. The molecular formula is C15H21N3O3S. The van der Waals surface area contributed by atoms with Crippen LogP contribution in [0.25, 0.3) is 11.1 Å². The van der Waals surface area contributed by atoms with E-state index < -0.39 is 10.0 Å². The standard InChI is InChI=1S/C15H21N3O3S/c1-5-22(20,21)18-14(16)13(15(19)17(18)10(2)3)12-9-7-6-8-11(12)4/h6-10H,5,16H2,1-4H3. The van der Waals surface area contributed by atoms with Gasteiger partial charge in [-0.3, -0.25) is 4.79 Å². The molecule has 120 valence electrons. The number of benzene rings is 1. The summed E-state index contributed by atoms with van der Waals surface area (Å²) in [4.78, 5) is 12.8. The van der Waals surface area contributed by atoms with Gasteiger partial charge in [0.1, 0.15) is 5.82 Å². The molecular weight excluding hydrogens is 302 g/mol. The maximum atomic E-state index is 12.8. The first kappa shape index (κ1) is 16.4. The van der Waals surface area contributed by atoms with Crippen molar-refractivity contribution in [2.24, 2.45) is 0 Å². The molecule has 2 N–H and O–H groups in total. The molecule has 22 heavy (non-hydrogen) atoms. The molecule has 6 nitrogen and oxygen atoms in total. The number of hydrogen-bond donors (Lipinski definition) is 1. The molecule has 0 bridgehead atoms. The van der Waals surface area contributed by atoms with Crippen LogP contribution in [-0.2, 0) is 10.0 Å². The third kappa shape index (κ3) is 2.45. The maximum absolute atomic E-state index is 12.8. The molecule has 0 aliphatic heterocycles. The minimum atomic E-state index is -3.67. The Morgan fingerprint density at radius 2 is 1.82 bits per heavy atom. The van der Waals surface area contributed by atoms with E-state index in [4.69, 9.17) is 5.73 Å². The Balaban J connectivity index is 2.94. The molecule has 2 rings (SSSR count). The van der Waals surface area contributed by atoms with Crippen molar-refractivity contribution in [2.45, 2.75) is 33.7 Å². The summed E-state index contributed by atoms with van der Waals surface area (Å²) < 4.78 is 26.9. The molecule has 0 amide bonds. The van der Waals surface area contributed by atoms with Gasteiger partial charge >= 0.3 is 0 Å². The lowest BCUT2D eigenvalue weighted by Gasteiger charge is -2.15. The van der Waals surface area contributed by atoms with Crippen LogP contribution in [0.2, 0.25) is 0 Å². The fraction of sp³-hybridized carbons (Fsp3) is 0.400. The van der Waals surface area contributed by atoms with Gasteiger partial charge in [0.2, 0.25) is 0 Å². The van der Waals surface area contributed by atoms with Crippen LogP contribution in [0, 0.1) is 6.92 Å². The first-order valence-electron chi connectivity index (χ1n) is 7.14. The fourth-order valence-corrected chi connectivity index (χ4v) is 3.64. The van der Waals surface area contributed by atoms with Gasteiger partial charge < -0.3 is 5.73 Å². The summed E-state index contributed by atoms with van der Waals surface area (Å²) in [5.74, 6) is -0.166. The van der Waals surface area contributed by atoms with Gasteiger partial charge in [0.25, 0.3) is 15.6 Å². The SMILES string of the molecule is CCS(=O)(=O)n1c(N)c(-c2ccccc2C)c(=O)n1C(C)C. The van der Waals surface area contributed by atoms with E-state index in [1.165, 1.54) is 11.6 Å². The first-order valence-corrected chi connectivity index (χ1v) is 8.75. The van der Waals surface area contributed by atoms with E-state index in [9.17, 15) is 13.2 Å². The summed E-state index contributed by atoms with van der Waals surface area (Å²) in [6, 6.07) is 6.96. The van der Waals surface area contributed by atoms with E-state index in [1.54, 1.807) is 26.0 Å². The molecule has 1 heterocycles. The zero-order valence-electron chi connectivity index (χ0n) is 13.2. The Kier molecular flexibility index (Phi) is 4.19. The molecule has 2 aromatic rings. The van der Waals surface area contributed by atoms with Crippen LogP contribution in [0.15, 0.2) is 29.1 Å². The highest BCUT2D eigenvalue weighted by molar-refractivity contribution is 7.89. The third-order valence-corrected chi connectivity index (χ3v) is 5.24. The number of hydrogen-bond acceptors (Lipinski definition) is 4. The van der Waals surface area contributed by atoms with Crippen molar-refractivity contribution in [3.63, 3.8) is 0 Å². The fourth-order valence-electron chi connectivity index (χ4n) is 2.48. The molecule has 0 radical (unpaired) electrons. The minimum Gasteiger partial charge on any atom is -0.382 e. The maximum Gasteiger partial charge on any atom is 0.277 e. The van der Waals surface area contributed by atoms with Gasteiger partial charge in [-0.15, -0.1) is 0 Å². The zero-order valence-corrected chi connectivity index (χ0v) is 14.0. The van der Waals surface area contributed by atoms with Gasteiger partial charge in [0.05, 0.1) is 11.3 Å². The Labute approximate surface area is 130 Å². The van der Waals surface area contributed by atoms with Crippen LogP contribution in [0.5, 0.6) is 0 Å². The number of nitrogens with two attached hydrogens (primary N) is 1. The highest BCUT2D eigenvalue weighted by Crippen LogP contribution is 2.28. The van der Waals surface area contributed by atoms with Gasteiger partial charge in [0.15, 0.2) is 0 Å². The molecule has 0 spiro atoms. The van der Waals surface area contributed by atoms with Crippen LogP contribution >= 0.6 is 0 Å². The number of rotatable bonds is 4. The van der Waals surface area contributed by atoms with Crippen LogP contribution in [0.1, 0.15) is 32.4 Å². The summed E-state index contributed by atoms with van der Waals surface area (Å²) in [5, 5.41) is 0. The van der Waals surface area contributed by atoms with Crippen LogP contribution in [0.4, 0.5) is 5.82 Å². The van der Waals surface area contributed by atoms with Gasteiger partial charge in [-0.05, 0) is 38.8 Å². The van der Waals surface area contributed by atoms with Gasteiger partial charge in [-0.25, -0.2) is 13.1 Å². The van der Waals surface area contributed by atoms with Crippen LogP contribution in [-0.4, -0.2) is 22.9 Å². The second-order valence-corrected chi connectivity index (χ2v) is 7.55. The average molecular weight is 323 g/mol. The molecule has 1 aromatic heterocycles. The Morgan fingerprint density at radius 1 is 1.23 bits per heavy atom. The second-order valence-electron chi connectivity index (χ2n) is 5.46. The summed E-state index contributed by atoms with van der Waals surface area (Å²) in [6.45, 7) is 6.89. The average Bonchev–Trinajstić information content (AvgIpc) is 2.72. The van der Waals surface area contributed by atoms with Crippen molar-refractivity contribution < 1.29 is 8.42 Å². The van der Waals surface area contributed by atoms with E-state index in [0.29, 0.717) is 5.56 Å². The predicted octanol–water partition coefficient (Wildman–Crippen LogP) is 1.99. The number of nitrogen functional groups attached to an aromatic ring is 1. The Morgan fingerprint density at radius 3 is 2.32 bits per heavy atom. The lowest BCUT2D eigenvalue weighted by molar-refractivity contribution is 0.475. The van der Waals surface area contributed by atoms with E-state index >= 15 is 0 Å². The molecule has 0 aliphatic carbocycles. The van der Waals surface area contributed by atoms with E-state index in [1.807, 2.05) is 19.1 Å². The van der Waals surface area contributed by atoms with Crippen molar-refractivity contribution in [3.05, 3.63) is 40.2 Å². The van der Waals surface area contributed by atoms with Crippen molar-refractivity contribution in [1.29, 1.82) is 0 Å². The number of anilines is 1. The van der Waals surface area contributed by atoms with Gasteiger partial charge in [-0.2, -0.15) is 4.09 Å². The lowest BCUT2D eigenvalue weighted by atomic mass is 10.0. The second kappa shape index (κ2) is 5.64. The Hall–Kier alpha value is -2.02. The van der Waals surface area contributed by atoms with Crippen LogP contribution < -0.4 is 11.3 Å². The van der Waals surface area contributed by atoms with Crippen molar-refractivity contribution in [1.82, 2.24) is 8.77 Å². The van der Waals surface area contributed by atoms with Gasteiger partial charge in [0, 0.05) is 6.04 Å². The smallest absolute Gasteiger partial charge is 0.277 e. The molecule has 1 aromatic carbocycles. The number of aryl methyl sites for hydroxylation is 1. The number of nitrogens with zero attached hydrogens (tertiary/aromatic N) is 2. The summed E-state index contributed by atoms with van der Waals surface area (Å²) in [7, 11) is -3.67. The van der Waals surface area contributed by atoms with Crippen molar-refractivity contribution in [3.8, 4) is 11.1 Å². The molecule has 0 saturated carbocycles. The van der Waals surface area contributed by atoms with Crippen molar-refractivity contribution >= 4 is 15.8 Å². The molecule has 0 aliphatic rings. The minimum absolute atomic E-state index is 0.0325. The molecule has 0 fully saturated rings. The van der Waals surface area contributed by atoms with Gasteiger partial charge in [-0.1, -0.05) is 24.3 Å². The topological polar surface area (TPSA) is 87.1 Å².